The summed E-state index contributed by atoms with van der Waals surface area (Å²) < 4.78 is 28.6. The standard InChI is InChI=1S/C21H21ClN6O6S/c1-28-21(32)15-5-3-2-4-14(15)18(26-28)20(31)25-24-19(30)16(10-11-17(23)29)27-35(33,34)13-8-6-12(22)7-9-13/h2-9,16,27H,10-11H2,1H3,(H2,23,29)(H,24,30)(H,25,31)/t16-/m0/s1. The van der Waals surface area contributed by atoms with Crippen molar-refractivity contribution in [1.82, 2.24) is 25.4 Å². The molecule has 0 fully saturated rings. The monoisotopic (exact) mass is 520 g/mol. The van der Waals surface area contributed by atoms with Crippen molar-refractivity contribution in [3.8, 4) is 0 Å². The maximum absolute atomic E-state index is 12.7. The number of hydrogen-bond acceptors (Lipinski definition) is 7. The fourth-order valence-corrected chi connectivity index (χ4v) is 4.49. The summed E-state index contributed by atoms with van der Waals surface area (Å²) in [5.74, 6) is -2.55. The molecule has 0 bridgehead atoms. The predicted molar refractivity (Wildman–Crippen MR) is 127 cm³/mol. The maximum atomic E-state index is 12.7. The van der Waals surface area contributed by atoms with Crippen LogP contribution in [0.1, 0.15) is 23.3 Å². The van der Waals surface area contributed by atoms with Crippen molar-refractivity contribution in [2.24, 2.45) is 12.8 Å². The average Bonchev–Trinajstić information content (AvgIpc) is 2.82. The Hall–Kier alpha value is -3.81. The summed E-state index contributed by atoms with van der Waals surface area (Å²) in [7, 11) is -2.81. The largest absolute Gasteiger partial charge is 0.370 e. The van der Waals surface area contributed by atoms with Gasteiger partial charge < -0.3 is 5.73 Å². The van der Waals surface area contributed by atoms with Gasteiger partial charge in [-0.25, -0.2) is 13.1 Å². The SMILES string of the molecule is Cn1nc(C(=O)NNC(=O)[C@H](CCC(N)=O)NS(=O)(=O)c2ccc(Cl)cc2)c2ccccc2c1=O. The molecule has 5 N–H and O–H groups in total. The van der Waals surface area contributed by atoms with Gasteiger partial charge in [-0.15, -0.1) is 0 Å². The van der Waals surface area contributed by atoms with Crippen LogP contribution in [0.4, 0.5) is 0 Å². The molecule has 14 heteroatoms. The molecule has 0 aliphatic carbocycles. The van der Waals surface area contributed by atoms with Gasteiger partial charge in [0.2, 0.25) is 15.9 Å². The number of fused-ring (bicyclic) bond motifs is 1. The van der Waals surface area contributed by atoms with Gasteiger partial charge in [-0.2, -0.15) is 9.82 Å². The molecule has 1 heterocycles. The van der Waals surface area contributed by atoms with Crippen LogP contribution in [0.25, 0.3) is 10.8 Å². The highest BCUT2D eigenvalue weighted by atomic mass is 35.5. The van der Waals surface area contributed by atoms with E-state index in [4.69, 9.17) is 17.3 Å². The molecule has 0 saturated heterocycles. The molecule has 0 aliphatic heterocycles. The van der Waals surface area contributed by atoms with E-state index in [9.17, 15) is 27.6 Å². The van der Waals surface area contributed by atoms with Crippen molar-refractivity contribution in [1.29, 1.82) is 0 Å². The van der Waals surface area contributed by atoms with Gasteiger partial charge in [0, 0.05) is 23.9 Å². The molecular weight excluding hydrogens is 500 g/mol. The number of hydrazine groups is 1. The van der Waals surface area contributed by atoms with Crippen LogP contribution in [0.5, 0.6) is 0 Å². The van der Waals surface area contributed by atoms with Crippen LogP contribution in [0.3, 0.4) is 0 Å². The van der Waals surface area contributed by atoms with Crippen molar-refractivity contribution in [2.75, 3.05) is 0 Å². The van der Waals surface area contributed by atoms with Gasteiger partial charge in [-0.1, -0.05) is 29.8 Å². The fraction of sp³-hybridized carbons (Fsp3) is 0.190. The third-order valence-corrected chi connectivity index (χ3v) is 6.63. The van der Waals surface area contributed by atoms with Crippen LogP contribution in [-0.2, 0) is 26.7 Å². The highest BCUT2D eigenvalue weighted by Crippen LogP contribution is 2.15. The number of nitrogens with two attached hydrogens (primary N) is 1. The highest BCUT2D eigenvalue weighted by Gasteiger charge is 2.27. The summed E-state index contributed by atoms with van der Waals surface area (Å²) in [6, 6.07) is 10.0. The first-order valence-corrected chi connectivity index (χ1v) is 12.0. The van der Waals surface area contributed by atoms with Gasteiger partial charge in [0.1, 0.15) is 6.04 Å². The van der Waals surface area contributed by atoms with E-state index < -0.39 is 39.3 Å². The number of primary amides is 1. The van der Waals surface area contributed by atoms with Gasteiger partial charge in [-0.3, -0.25) is 30.0 Å². The van der Waals surface area contributed by atoms with E-state index in [1.807, 2.05) is 0 Å². The lowest BCUT2D eigenvalue weighted by Gasteiger charge is -2.18. The lowest BCUT2D eigenvalue weighted by molar-refractivity contribution is -0.124. The molecule has 3 aromatic rings. The minimum atomic E-state index is -4.18. The second-order valence-corrected chi connectivity index (χ2v) is 9.55. The summed E-state index contributed by atoms with van der Waals surface area (Å²) in [5, 5.41) is 4.77. The molecule has 12 nitrogen and oxygen atoms in total. The van der Waals surface area contributed by atoms with Crippen molar-refractivity contribution >= 4 is 50.1 Å². The van der Waals surface area contributed by atoms with E-state index in [1.165, 1.54) is 43.4 Å². The Labute approximate surface area is 204 Å². The minimum Gasteiger partial charge on any atom is -0.370 e. The zero-order valence-electron chi connectivity index (χ0n) is 18.3. The summed E-state index contributed by atoms with van der Waals surface area (Å²) in [4.78, 5) is 48.8. The Bertz CT molecular complexity index is 1460. The van der Waals surface area contributed by atoms with E-state index in [-0.39, 0.29) is 34.2 Å². The first-order chi connectivity index (χ1) is 16.5. The third kappa shape index (κ3) is 6.20. The fourth-order valence-electron chi connectivity index (χ4n) is 3.13. The number of halogens is 1. The Morgan fingerprint density at radius 2 is 1.69 bits per heavy atom. The van der Waals surface area contributed by atoms with Crippen LogP contribution in [0.15, 0.2) is 58.2 Å². The molecule has 0 aliphatic rings. The molecular formula is C21H21ClN6O6S. The van der Waals surface area contributed by atoms with Gasteiger partial charge in [0.05, 0.1) is 10.3 Å². The van der Waals surface area contributed by atoms with Gasteiger partial charge in [0.25, 0.3) is 17.4 Å². The first-order valence-electron chi connectivity index (χ1n) is 10.1. The lowest BCUT2D eigenvalue weighted by atomic mass is 10.1. The van der Waals surface area contributed by atoms with Crippen molar-refractivity contribution in [2.45, 2.75) is 23.8 Å². The molecule has 0 saturated carbocycles. The van der Waals surface area contributed by atoms with E-state index in [1.54, 1.807) is 12.1 Å². The molecule has 3 amide bonds. The molecule has 2 aromatic carbocycles. The molecule has 0 unspecified atom stereocenters. The van der Waals surface area contributed by atoms with Gasteiger partial charge >= 0.3 is 0 Å². The lowest BCUT2D eigenvalue weighted by Crippen LogP contribution is -2.52. The summed E-state index contributed by atoms with van der Waals surface area (Å²) in [6.45, 7) is 0. The van der Waals surface area contributed by atoms with Gasteiger partial charge in [-0.05, 0) is 36.8 Å². The summed E-state index contributed by atoms with van der Waals surface area (Å²) in [6.07, 6.45) is -0.576. The van der Waals surface area contributed by atoms with Crippen LogP contribution in [0, 0.1) is 0 Å². The maximum Gasteiger partial charge on any atom is 0.290 e. The van der Waals surface area contributed by atoms with E-state index in [2.05, 4.69) is 20.7 Å². The number of amides is 3. The summed E-state index contributed by atoms with van der Waals surface area (Å²) >= 11 is 5.78. The Morgan fingerprint density at radius 3 is 2.31 bits per heavy atom. The number of nitrogens with one attached hydrogen (secondary N) is 3. The number of sulfonamides is 1. The topological polar surface area (TPSA) is 182 Å². The van der Waals surface area contributed by atoms with Crippen molar-refractivity contribution in [3.63, 3.8) is 0 Å². The summed E-state index contributed by atoms with van der Waals surface area (Å²) in [5.41, 5.74) is 8.86. The smallest absolute Gasteiger partial charge is 0.290 e. The normalized spacial score (nSPS) is 12.2. The molecule has 1 aromatic heterocycles. The number of hydrogen-bond donors (Lipinski definition) is 4. The number of nitrogens with zero attached hydrogens (tertiary/aromatic N) is 2. The number of aromatic nitrogens is 2. The van der Waals surface area contributed by atoms with E-state index in [0.717, 1.165) is 4.68 Å². The number of carbonyl (C=O) groups is 3. The van der Waals surface area contributed by atoms with Crippen molar-refractivity contribution < 1.29 is 22.8 Å². The van der Waals surface area contributed by atoms with Gasteiger partial charge in [0.15, 0.2) is 5.69 Å². The highest BCUT2D eigenvalue weighted by molar-refractivity contribution is 7.89. The van der Waals surface area contributed by atoms with E-state index >= 15 is 0 Å². The Kier molecular flexibility index (Phi) is 7.84. The molecule has 35 heavy (non-hydrogen) atoms. The second-order valence-electron chi connectivity index (χ2n) is 7.40. The zero-order chi connectivity index (χ0) is 25.8. The molecule has 0 spiro atoms. The first kappa shape index (κ1) is 25.8. The van der Waals surface area contributed by atoms with Crippen LogP contribution in [-0.4, -0.2) is 42.0 Å². The quantitative estimate of drug-likeness (QED) is 0.300. The molecule has 1 atom stereocenters. The average molecular weight is 521 g/mol. The van der Waals surface area contributed by atoms with Crippen LogP contribution >= 0.6 is 11.6 Å². The predicted octanol–water partition coefficient (Wildman–Crippen LogP) is -0.0395. The second kappa shape index (κ2) is 10.6. The van der Waals surface area contributed by atoms with Crippen LogP contribution in [0.2, 0.25) is 5.02 Å². The number of aryl methyl sites for hydroxylation is 1. The number of rotatable bonds is 8. The number of carbonyl (C=O) groups excluding carboxylic acids is 3. The zero-order valence-corrected chi connectivity index (χ0v) is 19.9. The third-order valence-electron chi connectivity index (χ3n) is 4.89. The van der Waals surface area contributed by atoms with Crippen LogP contribution < -0.4 is 26.9 Å². The Morgan fingerprint density at radius 1 is 1.06 bits per heavy atom. The molecule has 3 rings (SSSR count). The minimum absolute atomic E-state index is 0.140. The van der Waals surface area contributed by atoms with Crippen molar-refractivity contribution in [3.05, 3.63) is 69.6 Å². The molecule has 184 valence electrons. The van der Waals surface area contributed by atoms with E-state index in [0.29, 0.717) is 5.02 Å². The molecule has 0 radical (unpaired) electrons. The number of benzene rings is 2. The Balaban J connectivity index is 1.79.